The van der Waals surface area contributed by atoms with Gasteiger partial charge in [0.15, 0.2) is 11.6 Å². The summed E-state index contributed by atoms with van der Waals surface area (Å²) in [5.41, 5.74) is 1.82. The van der Waals surface area contributed by atoms with E-state index in [0.717, 1.165) is 19.4 Å². The van der Waals surface area contributed by atoms with Gasteiger partial charge >= 0.3 is 0 Å². The highest BCUT2D eigenvalue weighted by molar-refractivity contribution is 7.92. The number of piperidine rings is 1. The van der Waals surface area contributed by atoms with Crippen molar-refractivity contribution in [3.63, 3.8) is 0 Å². The molecule has 1 aliphatic rings. The van der Waals surface area contributed by atoms with Crippen LogP contribution in [0.1, 0.15) is 24.4 Å². The number of amides is 1. The van der Waals surface area contributed by atoms with Crippen LogP contribution in [0.3, 0.4) is 0 Å². The van der Waals surface area contributed by atoms with E-state index >= 15 is 0 Å². The lowest BCUT2D eigenvalue weighted by atomic mass is 9.97. The van der Waals surface area contributed by atoms with E-state index in [1.165, 1.54) is 12.1 Å². The van der Waals surface area contributed by atoms with Crippen LogP contribution in [0, 0.1) is 19.8 Å². The SMILES string of the molecule is Cc1cc(NS(=O)(=O)c2ccc(NC(=O)C3CCCN(c4ccc(-c5ccco5)nn4)C3)cc2)nc(C)n1. The zero-order valence-electron chi connectivity index (χ0n) is 21.0. The van der Waals surface area contributed by atoms with E-state index in [0.29, 0.717) is 41.0 Å². The van der Waals surface area contributed by atoms with Gasteiger partial charge in [-0.2, -0.15) is 0 Å². The van der Waals surface area contributed by atoms with Gasteiger partial charge in [-0.3, -0.25) is 9.52 Å². The van der Waals surface area contributed by atoms with Crippen molar-refractivity contribution in [3.05, 3.63) is 72.4 Å². The summed E-state index contributed by atoms with van der Waals surface area (Å²) in [6, 6.07) is 14.9. The maximum Gasteiger partial charge on any atom is 0.263 e. The molecule has 38 heavy (non-hydrogen) atoms. The fraction of sp³-hybridized carbons (Fsp3) is 0.269. The molecule has 3 aromatic heterocycles. The second kappa shape index (κ2) is 10.6. The fourth-order valence-corrected chi connectivity index (χ4v) is 5.37. The molecular formula is C26H27N7O4S. The number of aryl methyl sites for hydroxylation is 2. The predicted octanol–water partition coefficient (Wildman–Crippen LogP) is 3.80. The molecule has 0 aliphatic carbocycles. The second-order valence-electron chi connectivity index (χ2n) is 9.10. The van der Waals surface area contributed by atoms with Crippen LogP contribution in [0.4, 0.5) is 17.3 Å². The Hall–Kier alpha value is -4.32. The Morgan fingerprint density at radius 1 is 1.05 bits per heavy atom. The Bertz CT molecular complexity index is 1500. The van der Waals surface area contributed by atoms with Gasteiger partial charge in [0.1, 0.15) is 17.3 Å². The van der Waals surface area contributed by atoms with Gasteiger partial charge in [-0.05, 0) is 75.2 Å². The normalized spacial score (nSPS) is 15.7. The lowest BCUT2D eigenvalue weighted by molar-refractivity contribution is -0.120. The molecule has 0 bridgehead atoms. The summed E-state index contributed by atoms with van der Waals surface area (Å²) in [5.74, 6) is 1.65. The topological polar surface area (TPSA) is 143 Å². The van der Waals surface area contributed by atoms with E-state index in [9.17, 15) is 13.2 Å². The first-order chi connectivity index (χ1) is 18.3. The average Bonchev–Trinajstić information content (AvgIpc) is 3.43. The van der Waals surface area contributed by atoms with Crippen LogP contribution < -0.4 is 14.9 Å². The molecule has 4 aromatic rings. The van der Waals surface area contributed by atoms with Crippen molar-refractivity contribution >= 4 is 33.3 Å². The van der Waals surface area contributed by atoms with Crippen LogP contribution in [-0.4, -0.2) is 47.6 Å². The second-order valence-corrected chi connectivity index (χ2v) is 10.8. The van der Waals surface area contributed by atoms with Crippen molar-refractivity contribution in [2.24, 2.45) is 5.92 Å². The van der Waals surface area contributed by atoms with Gasteiger partial charge in [0.05, 0.1) is 17.1 Å². The number of aromatic nitrogens is 4. The molecule has 1 fully saturated rings. The van der Waals surface area contributed by atoms with E-state index in [4.69, 9.17) is 4.42 Å². The minimum Gasteiger partial charge on any atom is -0.463 e. The third-order valence-corrected chi connectivity index (χ3v) is 7.55. The largest absolute Gasteiger partial charge is 0.463 e. The number of furan rings is 1. The van der Waals surface area contributed by atoms with Crippen LogP contribution >= 0.6 is 0 Å². The fourth-order valence-electron chi connectivity index (χ4n) is 4.38. The van der Waals surface area contributed by atoms with Gasteiger partial charge in [-0.25, -0.2) is 18.4 Å². The number of sulfonamides is 1. The van der Waals surface area contributed by atoms with Crippen molar-refractivity contribution in [1.29, 1.82) is 0 Å². The Balaban J connectivity index is 1.20. The first-order valence-electron chi connectivity index (χ1n) is 12.2. The van der Waals surface area contributed by atoms with Crippen LogP contribution in [0.2, 0.25) is 0 Å². The zero-order valence-corrected chi connectivity index (χ0v) is 21.8. The Morgan fingerprint density at radius 3 is 2.55 bits per heavy atom. The van der Waals surface area contributed by atoms with E-state index in [2.05, 4.69) is 30.2 Å². The molecule has 1 amide bonds. The predicted molar refractivity (Wildman–Crippen MR) is 142 cm³/mol. The molecule has 5 rings (SSSR count). The van der Waals surface area contributed by atoms with Crippen LogP contribution in [-0.2, 0) is 14.8 Å². The number of anilines is 3. The summed E-state index contributed by atoms with van der Waals surface area (Å²) in [5, 5.41) is 11.5. The minimum atomic E-state index is -3.85. The highest BCUT2D eigenvalue weighted by Crippen LogP contribution is 2.25. The van der Waals surface area contributed by atoms with Crippen molar-refractivity contribution < 1.29 is 17.6 Å². The molecule has 0 radical (unpaired) electrons. The van der Waals surface area contributed by atoms with Crippen molar-refractivity contribution in [3.8, 4) is 11.5 Å². The standard InChI is InChI=1S/C26H27N7O4S/c1-17-15-24(28-18(2)27-17)32-38(35,36)21-9-7-20(8-10-21)29-26(34)19-5-3-13-33(16-19)25-12-11-22(30-31-25)23-6-4-14-37-23/h4,6-12,14-15,19H,3,5,13,16H2,1-2H3,(H,29,34)(H,27,28,32). The van der Waals surface area contributed by atoms with Gasteiger partial charge in [0, 0.05) is 30.5 Å². The first-order valence-corrected chi connectivity index (χ1v) is 13.6. The number of carbonyl (C=O) groups is 1. The quantitative estimate of drug-likeness (QED) is 0.362. The lowest BCUT2D eigenvalue weighted by Crippen LogP contribution is -2.41. The third kappa shape index (κ3) is 5.80. The summed E-state index contributed by atoms with van der Waals surface area (Å²) < 4.78 is 33.4. The molecule has 1 atom stereocenters. The minimum absolute atomic E-state index is 0.0600. The molecule has 1 saturated heterocycles. The molecular weight excluding hydrogens is 506 g/mol. The summed E-state index contributed by atoms with van der Waals surface area (Å²) in [4.78, 5) is 23.4. The monoisotopic (exact) mass is 533 g/mol. The van der Waals surface area contributed by atoms with Gasteiger partial charge in [-0.1, -0.05) is 0 Å². The van der Waals surface area contributed by atoms with E-state index in [1.807, 2.05) is 23.1 Å². The Kier molecular flexibility index (Phi) is 7.05. The Labute approximate surface area is 220 Å². The third-order valence-electron chi connectivity index (χ3n) is 6.18. The van der Waals surface area contributed by atoms with E-state index < -0.39 is 10.0 Å². The molecule has 196 valence electrons. The number of carbonyl (C=O) groups excluding carboxylic acids is 1. The molecule has 2 N–H and O–H groups in total. The molecule has 12 heteroatoms. The molecule has 0 spiro atoms. The average molecular weight is 534 g/mol. The van der Waals surface area contributed by atoms with Gasteiger partial charge in [-0.15, -0.1) is 10.2 Å². The van der Waals surface area contributed by atoms with Crippen LogP contribution in [0.15, 0.2) is 70.2 Å². The van der Waals surface area contributed by atoms with Crippen molar-refractivity contribution in [1.82, 2.24) is 20.2 Å². The van der Waals surface area contributed by atoms with Crippen molar-refractivity contribution in [2.75, 3.05) is 28.0 Å². The lowest BCUT2D eigenvalue weighted by Gasteiger charge is -2.32. The first kappa shape index (κ1) is 25.3. The highest BCUT2D eigenvalue weighted by Gasteiger charge is 2.27. The molecule has 0 saturated carbocycles. The van der Waals surface area contributed by atoms with Gasteiger partial charge in [0.25, 0.3) is 10.0 Å². The molecule has 1 unspecified atom stereocenters. The van der Waals surface area contributed by atoms with Gasteiger partial charge in [0.2, 0.25) is 5.91 Å². The summed E-state index contributed by atoms with van der Waals surface area (Å²) >= 11 is 0. The number of rotatable bonds is 7. The Morgan fingerprint density at radius 2 is 1.87 bits per heavy atom. The smallest absolute Gasteiger partial charge is 0.263 e. The molecule has 1 aromatic carbocycles. The highest BCUT2D eigenvalue weighted by atomic mass is 32.2. The van der Waals surface area contributed by atoms with E-state index in [-0.39, 0.29) is 22.5 Å². The molecule has 11 nitrogen and oxygen atoms in total. The number of benzene rings is 1. The van der Waals surface area contributed by atoms with E-state index in [1.54, 1.807) is 44.4 Å². The van der Waals surface area contributed by atoms with Crippen LogP contribution in [0.5, 0.6) is 0 Å². The molecule has 4 heterocycles. The molecule has 1 aliphatic heterocycles. The number of nitrogens with one attached hydrogen (secondary N) is 2. The maximum atomic E-state index is 13.0. The zero-order chi connectivity index (χ0) is 26.7. The number of hydrogen-bond acceptors (Lipinski definition) is 9. The maximum absolute atomic E-state index is 13.0. The number of nitrogens with zero attached hydrogens (tertiary/aromatic N) is 5. The van der Waals surface area contributed by atoms with Crippen LogP contribution in [0.25, 0.3) is 11.5 Å². The van der Waals surface area contributed by atoms with Gasteiger partial charge < -0.3 is 14.6 Å². The summed E-state index contributed by atoms with van der Waals surface area (Å²) in [6.07, 6.45) is 3.17. The number of hydrogen-bond donors (Lipinski definition) is 2. The van der Waals surface area contributed by atoms with Crippen molar-refractivity contribution in [2.45, 2.75) is 31.6 Å². The summed E-state index contributed by atoms with van der Waals surface area (Å²) in [7, 11) is -3.85. The summed E-state index contributed by atoms with van der Waals surface area (Å²) in [6.45, 7) is 4.75.